The van der Waals surface area contributed by atoms with Gasteiger partial charge in [-0.15, -0.1) is 0 Å². The molecule has 0 saturated heterocycles. The highest BCUT2D eigenvalue weighted by atomic mass is 79.9. The molecule has 0 aliphatic carbocycles. The maximum absolute atomic E-state index is 13.2. The monoisotopic (exact) mass is 462 g/mol. The molecule has 2 N–H and O–H groups in total. The van der Waals surface area contributed by atoms with E-state index in [2.05, 4.69) is 26.0 Å². The fraction of sp³-hybridized carbons (Fsp3) is 0.0500. The van der Waals surface area contributed by atoms with Gasteiger partial charge in [-0.3, -0.25) is 9.52 Å². The lowest BCUT2D eigenvalue weighted by atomic mass is 10.1. The van der Waals surface area contributed by atoms with Crippen LogP contribution < -0.4 is 10.0 Å². The molecule has 0 aromatic heterocycles. The molecule has 1 amide bonds. The zero-order chi connectivity index (χ0) is 20.3. The summed E-state index contributed by atoms with van der Waals surface area (Å²) in [7, 11) is -3.79. The summed E-state index contributed by atoms with van der Waals surface area (Å²) >= 11 is 3.26. The third kappa shape index (κ3) is 4.76. The number of halogens is 2. The van der Waals surface area contributed by atoms with E-state index in [4.69, 9.17) is 0 Å². The van der Waals surface area contributed by atoms with Crippen molar-refractivity contribution in [3.8, 4) is 0 Å². The molecular formula is C20H16BrFN2O3S. The molecule has 0 fully saturated rings. The molecular weight excluding hydrogens is 447 g/mol. The van der Waals surface area contributed by atoms with Gasteiger partial charge in [-0.2, -0.15) is 0 Å². The molecule has 0 unspecified atom stereocenters. The number of sulfonamides is 1. The van der Waals surface area contributed by atoms with Crippen LogP contribution in [0.25, 0.3) is 0 Å². The van der Waals surface area contributed by atoms with Gasteiger partial charge in [0.25, 0.3) is 15.9 Å². The molecule has 0 atom stereocenters. The Morgan fingerprint density at radius 3 is 2.39 bits per heavy atom. The summed E-state index contributed by atoms with van der Waals surface area (Å²) in [6, 6.07) is 16.4. The summed E-state index contributed by atoms with van der Waals surface area (Å²) < 4.78 is 41.4. The van der Waals surface area contributed by atoms with E-state index in [0.29, 0.717) is 11.3 Å². The predicted molar refractivity (Wildman–Crippen MR) is 110 cm³/mol. The number of aryl methyl sites for hydroxylation is 1. The van der Waals surface area contributed by atoms with Crippen molar-refractivity contribution in [1.29, 1.82) is 0 Å². The van der Waals surface area contributed by atoms with E-state index in [1.165, 1.54) is 36.4 Å². The molecule has 28 heavy (non-hydrogen) atoms. The second-order valence-electron chi connectivity index (χ2n) is 6.05. The topological polar surface area (TPSA) is 75.3 Å². The predicted octanol–water partition coefficient (Wildman–Crippen LogP) is 4.95. The maximum atomic E-state index is 13.2. The van der Waals surface area contributed by atoms with Crippen LogP contribution >= 0.6 is 15.9 Å². The molecule has 0 radical (unpaired) electrons. The minimum atomic E-state index is -3.79. The highest BCUT2D eigenvalue weighted by Crippen LogP contribution is 2.21. The molecule has 5 nitrogen and oxygen atoms in total. The van der Waals surface area contributed by atoms with Gasteiger partial charge >= 0.3 is 0 Å². The molecule has 0 heterocycles. The normalized spacial score (nSPS) is 11.1. The smallest absolute Gasteiger partial charge is 0.261 e. The average molecular weight is 463 g/mol. The Kier molecular flexibility index (Phi) is 5.81. The van der Waals surface area contributed by atoms with Gasteiger partial charge in [0, 0.05) is 21.4 Å². The van der Waals surface area contributed by atoms with Crippen LogP contribution in [0.15, 0.2) is 76.1 Å². The standard InChI is InChI=1S/C20H16BrFN2O3S/c1-13-11-16(22)7-10-19(13)23-20(25)14-3-2-4-17(12-14)24-28(26,27)18-8-5-15(21)6-9-18/h2-12,24H,1H3,(H,23,25). The van der Waals surface area contributed by atoms with Gasteiger partial charge < -0.3 is 5.32 Å². The van der Waals surface area contributed by atoms with Crippen molar-refractivity contribution in [2.75, 3.05) is 10.0 Å². The summed E-state index contributed by atoms with van der Waals surface area (Å²) in [4.78, 5) is 12.6. The van der Waals surface area contributed by atoms with Crippen LogP contribution in [-0.4, -0.2) is 14.3 Å². The molecule has 3 aromatic rings. The Morgan fingerprint density at radius 2 is 1.71 bits per heavy atom. The lowest BCUT2D eigenvalue weighted by Crippen LogP contribution is -2.15. The van der Waals surface area contributed by atoms with Crippen molar-refractivity contribution < 1.29 is 17.6 Å². The highest BCUT2D eigenvalue weighted by Gasteiger charge is 2.15. The lowest BCUT2D eigenvalue weighted by Gasteiger charge is -2.11. The summed E-state index contributed by atoms with van der Waals surface area (Å²) in [5, 5.41) is 2.69. The molecule has 0 bridgehead atoms. The van der Waals surface area contributed by atoms with Gasteiger partial charge in [0.15, 0.2) is 0 Å². The first-order chi connectivity index (χ1) is 13.2. The number of hydrogen-bond donors (Lipinski definition) is 2. The Balaban J connectivity index is 1.79. The van der Waals surface area contributed by atoms with Crippen LogP contribution in [0.5, 0.6) is 0 Å². The van der Waals surface area contributed by atoms with Crippen LogP contribution in [0.1, 0.15) is 15.9 Å². The van der Waals surface area contributed by atoms with E-state index < -0.39 is 15.9 Å². The van der Waals surface area contributed by atoms with Crippen molar-refractivity contribution in [3.63, 3.8) is 0 Å². The number of nitrogens with one attached hydrogen (secondary N) is 2. The first kappa shape index (κ1) is 20.0. The number of rotatable bonds is 5. The molecule has 0 aliphatic heterocycles. The van der Waals surface area contributed by atoms with Crippen LogP contribution in [0, 0.1) is 12.7 Å². The van der Waals surface area contributed by atoms with Crippen molar-refractivity contribution in [2.24, 2.45) is 0 Å². The fourth-order valence-corrected chi connectivity index (χ4v) is 3.83. The Labute approximate surface area is 170 Å². The fourth-order valence-electron chi connectivity index (χ4n) is 2.51. The summed E-state index contributed by atoms with van der Waals surface area (Å²) in [5.41, 5.74) is 1.58. The van der Waals surface area contributed by atoms with Gasteiger partial charge in [0.1, 0.15) is 5.82 Å². The van der Waals surface area contributed by atoms with Crippen molar-refractivity contribution in [2.45, 2.75) is 11.8 Å². The zero-order valence-electron chi connectivity index (χ0n) is 14.7. The molecule has 3 aromatic carbocycles. The summed E-state index contributed by atoms with van der Waals surface area (Å²) in [6.45, 7) is 1.68. The van der Waals surface area contributed by atoms with Gasteiger partial charge in [-0.25, -0.2) is 12.8 Å². The van der Waals surface area contributed by atoms with E-state index in [1.807, 2.05) is 0 Å². The van der Waals surface area contributed by atoms with E-state index in [-0.39, 0.29) is 22.0 Å². The van der Waals surface area contributed by atoms with Gasteiger partial charge in [-0.1, -0.05) is 22.0 Å². The van der Waals surface area contributed by atoms with Crippen molar-refractivity contribution >= 4 is 43.2 Å². The number of hydrogen-bond acceptors (Lipinski definition) is 3. The number of carbonyl (C=O) groups excluding carboxylic acids is 1. The Bertz CT molecular complexity index is 1130. The largest absolute Gasteiger partial charge is 0.322 e. The molecule has 8 heteroatoms. The van der Waals surface area contributed by atoms with Gasteiger partial charge in [-0.05, 0) is 73.2 Å². The molecule has 144 valence electrons. The number of anilines is 2. The molecule has 0 spiro atoms. The zero-order valence-corrected chi connectivity index (χ0v) is 17.1. The Hall–Kier alpha value is -2.71. The number of amides is 1. The highest BCUT2D eigenvalue weighted by molar-refractivity contribution is 9.10. The maximum Gasteiger partial charge on any atom is 0.261 e. The first-order valence-electron chi connectivity index (χ1n) is 8.20. The van der Waals surface area contributed by atoms with Crippen LogP contribution in [-0.2, 0) is 10.0 Å². The second-order valence-corrected chi connectivity index (χ2v) is 8.65. The quantitative estimate of drug-likeness (QED) is 0.563. The van der Waals surface area contributed by atoms with Crippen molar-refractivity contribution in [3.05, 3.63) is 88.1 Å². The van der Waals surface area contributed by atoms with Crippen LogP contribution in [0.2, 0.25) is 0 Å². The third-order valence-electron chi connectivity index (χ3n) is 3.94. The minimum Gasteiger partial charge on any atom is -0.322 e. The summed E-state index contributed by atoms with van der Waals surface area (Å²) in [6.07, 6.45) is 0. The average Bonchev–Trinajstić information content (AvgIpc) is 2.64. The minimum absolute atomic E-state index is 0.104. The Morgan fingerprint density at radius 1 is 1.00 bits per heavy atom. The third-order valence-corrected chi connectivity index (χ3v) is 5.86. The second kappa shape index (κ2) is 8.12. The van der Waals surface area contributed by atoms with E-state index in [1.54, 1.807) is 37.3 Å². The summed E-state index contributed by atoms with van der Waals surface area (Å²) in [5.74, 6) is -0.820. The van der Waals surface area contributed by atoms with E-state index >= 15 is 0 Å². The number of benzene rings is 3. The van der Waals surface area contributed by atoms with E-state index in [0.717, 1.165) is 4.47 Å². The van der Waals surface area contributed by atoms with Crippen LogP contribution in [0.4, 0.5) is 15.8 Å². The molecule has 3 rings (SSSR count). The van der Waals surface area contributed by atoms with Crippen LogP contribution in [0.3, 0.4) is 0 Å². The molecule has 0 saturated carbocycles. The van der Waals surface area contributed by atoms with E-state index in [9.17, 15) is 17.6 Å². The lowest BCUT2D eigenvalue weighted by molar-refractivity contribution is 0.102. The first-order valence-corrected chi connectivity index (χ1v) is 10.5. The van der Waals surface area contributed by atoms with Gasteiger partial charge in [0.05, 0.1) is 4.90 Å². The molecule has 0 aliphatic rings. The van der Waals surface area contributed by atoms with Gasteiger partial charge in [0.2, 0.25) is 0 Å². The van der Waals surface area contributed by atoms with Crippen molar-refractivity contribution in [1.82, 2.24) is 0 Å². The number of carbonyl (C=O) groups is 1. The SMILES string of the molecule is Cc1cc(F)ccc1NC(=O)c1cccc(NS(=O)(=O)c2ccc(Br)cc2)c1.